The molecule has 25 heavy (non-hydrogen) atoms. The molecule has 0 radical (unpaired) electrons. The molecule has 2 aromatic carbocycles. The topological polar surface area (TPSA) is 26.1 Å². The maximum absolute atomic E-state index is 8.14. The molecule has 3 heterocycles. The Labute approximate surface area is 149 Å². The zero-order valence-corrected chi connectivity index (χ0v) is 14.1. The van der Waals surface area contributed by atoms with Gasteiger partial charge in [0, 0.05) is 15.6 Å². The molecule has 0 aliphatic heterocycles. The van der Waals surface area contributed by atoms with Gasteiger partial charge in [-0.1, -0.05) is 30.3 Å². The van der Waals surface area contributed by atoms with Crippen molar-refractivity contribution in [3.8, 4) is 5.82 Å². The molecule has 0 amide bonds. The largest absolute Gasteiger partial charge is 0.312 e. The summed E-state index contributed by atoms with van der Waals surface area (Å²) in [5.41, 5.74) is 3.61. The fourth-order valence-corrected chi connectivity index (χ4v) is 3.63. The van der Waals surface area contributed by atoms with Crippen molar-refractivity contribution >= 4 is 27.7 Å². The summed E-state index contributed by atoms with van der Waals surface area (Å²) < 4.78 is 30.2. The maximum atomic E-state index is 8.14. The zero-order valence-electron chi connectivity index (χ0n) is 17.1. The van der Waals surface area contributed by atoms with E-state index in [9.17, 15) is 0 Å². The number of aryl methyl sites for hydroxylation is 2. The van der Waals surface area contributed by atoms with E-state index in [1.54, 1.807) is 4.40 Å². The fourth-order valence-electron chi connectivity index (χ4n) is 3.63. The summed E-state index contributed by atoms with van der Waals surface area (Å²) in [7, 11) is 1.99. The summed E-state index contributed by atoms with van der Waals surface area (Å²) in [5, 5.41) is 1.12. The summed E-state index contributed by atoms with van der Waals surface area (Å²) in [6.07, 6.45) is 0. The van der Waals surface area contributed by atoms with E-state index >= 15 is 0 Å². The first-order valence-electron chi connectivity index (χ1n) is 9.75. The van der Waals surface area contributed by atoms with E-state index in [1.807, 2.05) is 61.0 Å². The fraction of sp³-hybridized carbons (Fsp3) is 0.143. The van der Waals surface area contributed by atoms with Gasteiger partial charge in [0.05, 0.1) is 23.8 Å². The van der Waals surface area contributed by atoms with Gasteiger partial charge in [0.25, 0.3) is 5.82 Å². The summed E-state index contributed by atoms with van der Waals surface area (Å²) >= 11 is 0. The highest BCUT2D eigenvalue weighted by molar-refractivity contribution is 5.81. The molecule has 0 unspecified atom stereocenters. The lowest BCUT2D eigenvalue weighted by Crippen LogP contribution is -2.35. The highest BCUT2D eigenvalue weighted by atomic mass is 15.3. The first-order chi connectivity index (χ1) is 13.4. The highest BCUT2D eigenvalue weighted by Gasteiger charge is 2.25. The van der Waals surface area contributed by atoms with Gasteiger partial charge >= 0.3 is 5.78 Å². The molecular formula is C21H19N4+. The number of hydrogen-bond donors (Lipinski definition) is 0. The second-order valence-corrected chi connectivity index (χ2v) is 6.31. The van der Waals surface area contributed by atoms with Crippen molar-refractivity contribution in [1.82, 2.24) is 14.0 Å². The van der Waals surface area contributed by atoms with E-state index < -0.39 is 6.85 Å². The van der Waals surface area contributed by atoms with Crippen LogP contribution in [-0.2, 0) is 7.05 Å². The molecule has 122 valence electrons. The van der Waals surface area contributed by atoms with Crippen LogP contribution in [0.4, 0.5) is 0 Å². The molecule has 3 aromatic heterocycles. The SMILES string of the molecule is [2H]C([2H])([2H])c1c(C)n(-c2ccc3ccccc3[n+]2C)c2nc3ccccc3n12. The van der Waals surface area contributed by atoms with Crippen molar-refractivity contribution in [3.05, 3.63) is 72.1 Å². The van der Waals surface area contributed by atoms with E-state index in [4.69, 9.17) is 9.10 Å². The molecule has 0 spiro atoms. The van der Waals surface area contributed by atoms with Crippen LogP contribution in [0.1, 0.15) is 15.5 Å². The lowest BCUT2D eigenvalue weighted by molar-refractivity contribution is -0.639. The van der Waals surface area contributed by atoms with Crippen LogP contribution in [0.5, 0.6) is 0 Å². The predicted molar refractivity (Wildman–Crippen MR) is 100 cm³/mol. The molecule has 0 N–H and O–H groups in total. The summed E-state index contributed by atoms with van der Waals surface area (Å²) in [4.78, 5) is 4.77. The first-order valence-corrected chi connectivity index (χ1v) is 8.25. The van der Waals surface area contributed by atoms with Gasteiger partial charge in [-0.3, -0.25) is 4.40 Å². The minimum absolute atomic E-state index is 0.296. The standard InChI is InChI=1S/C21H19N4/c1-14-15(2)25(21-22-17-9-5-7-11-19(17)24(14)21)20-13-12-16-8-4-6-10-18(16)23(20)3/h4-13H,1-3H3/q+1/i1D3. The Morgan fingerprint density at radius 1 is 0.960 bits per heavy atom. The number of pyridine rings is 1. The van der Waals surface area contributed by atoms with E-state index in [1.165, 1.54) is 0 Å². The van der Waals surface area contributed by atoms with Gasteiger partial charge in [-0.05, 0) is 38.0 Å². The number of para-hydroxylation sites is 3. The smallest absolute Gasteiger partial charge is 0.259 e. The Morgan fingerprint density at radius 3 is 2.64 bits per heavy atom. The second-order valence-electron chi connectivity index (χ2n) is 6.31. The number of aromatic nitrogens is 4. The van der Waals surface area contributed by atoms with Crippen molar-refractivity contribution < 1.29 is 8.68 Å². The zero-order chi connectivity index (χ0) is 19.6. The molecule has 0 saturated carbocycles. The van der Waals surface area contributed by atoms with E-state index in [0.29, 0.717) is 17.2 Å². The van der Waals surface area contributed by atoms with Crippen molar-refractivity contribution in [1.29, 1.82) is 0 Å². The van der Waals surface area contributed by atoms with E-state index in [0.717, 1.165) is 27.8 Å². The molecule has 4 heteroatoms. The molecule has 5 aromatic rings. The third-order valence-corrected chi connectivity index (χ3v) is 4.93. The molecule has 0 aliphatic carbocycles. The van der Waals surface area contributed by atoms with Crippen LogP contribution in [0.3, 0.4) is 0 Å². The Morgan fingerprint density at radius 2 is 1.76 bits per heavy atom. The quantitative estimate of drug-likeness (QED) is 0.428. The van der Waals surface area contributed by atoms with Gasteiger partial charge in [0.2, 0.25) is 0 Å². The van der Waals surface area contributed by atoms with Crippen molar-refractivity contribution in [2.24, 2.45) is 7.05 Å². The molecule has 4 nitrogen and oxygen atoms in total. The first kappa shape index (κ1) is 11.4. The van der Waals surface area contributed by atoms with Gasteiger partial charge in [0.1, 0.15) is 11.2 Å². The van der Waals surface area contributed by atoms with Crippen molar-refractivity contribution in [2.45, 2.75) is 13.8 Å². The van der Waals surface area contributed by atoms with Gasteiger partial charge in [-0.15, -0.1) is 0 Å². The Hall–Kier alpha value is -3.14. The van der Waals surface area contributed by atoms with Crippen LogP contribution in [0.15, 0.2) is 60.7 Å². The Kier molecular flexibility index (Phi) is 2.25. The summed E-state index contributed by atoms with van der Waals surface area (Å²) in [5.74, 6) is 1.47. The number of imidazole rings is 2. The molecule has 0 aliphatic rings. The van der Waals surface area contributed by atoms with Crippen LogP contribution in [0.25, 0.3) is 33.5 Å². The van der Waals surface area contributed by atoms with Crippen molar-refractivity contribution in [2.75, 3.05) is 0 Å². The van der Waals surface area contributed by atoms with Gasteiger partial charge in [0.15, 0.2) is 0 Å². The number of hydrogen-bond acceptors (Lipinski definition) is 1. The predicted octanol–water partition coefficient (Wildman–Crippen LogP) is 3.87. The number of fused-ring (bicyclic) bond motifs is 4. The molecular weight excluding hydrogens is 308 g/mol. The van der Waals surface area contributed by atoms with Gasteiger partial charge in [-0.2, -0.15) is 9.55 Å². The summed E-state index contributed by atoms with van der Waals surface area (Å²) in [6, 6.07) is 19.8. The second kappa shape index (κ2) is 4.93. The molecule has 5 rings (SSSR count). The van der Waals surface area contributed by atoms with Crippen molar-refractivity contribution in [3.63, 3.8) is 0 Å². The van der Waals surface area contributed by atoms with Gasteiger partial charge in [-0.25, -0.2) is 4.57 Å². The number of rotatable bonds is 1. The summed E-state index contributed by atoms with van der Waals surface area (Å²) in [6.45, 7) is -0.410. The van der Waals surface area contributed by atoms with E-state index in [2.05, 4.69) is 22.8 Å². The van der Waals surface area contributed by atoms with Crippen LogP contribution >= 0.6 is 0 Å². The van der Waals surface area contributed by atoms with E-state index in [-0.39, 0.29) is 0 Å². The van der Waals surface area contributed by atoms with Crippen LogP contribution < -0.4 is 4.57 Å². The van der Waals surface area contributed by atoms with Crippen LogP contribution in [0, 0.1) is 13.8 Å². The molecule has 0 atom stereocenters. The monoisotopic (exact) mass is 330 g/mol. The minimum Gasteiger partial charge on any atom is -0.259 e. The third-order valence-electron chi connectivity index (χ3n) is 4.93. The Balaban J connectivity index is 1.96. The maximum Gasteiger partial charge on any atom is 0.312 e. The average molecular weight is 330 g/mol. The highest BCUT2D eigenvalue weighted by Crippen LogP contribution is 2.25. The molecule has 0 saturated heterocycles. The lowest BCUT2D eigenvalue weighted by atomic mass is 10.2. The normalized spacial score (nSPS) is 14.1. The van der Waals surface area contributed by atoms with Crippen LogP contribution in [0.2, 0.25) is 0 Å². The minimum atomic E-state index is -2.26. The Bertz CT molecular complexity index is 1380. The molecule has 0 bridgehead atoms. The third kappa shape index (κ3) is 1.82. The van der Waals surface area contributed by atoms with Gasteiger partial charge < -0.3 is 0 Å². The van der Waals surface area contributed by atoms with Crippen LogP contribution in [-0.4, -0.2) is 14.0 Å². The average Bonchev–Trinajstić information content (AvgIpc) is 3.15. The number of nitrogens with zero attached hydrogens (tertiary/aromatic N) is 4. The number of benzene rings is 2. The lowest BCUT2D eigenvalue weighted by Gasteiger charge is -2.06. The molecule has 0 fully saturated rings.